The summed E-state index contributed by atoms with van der Waals surface area (Å²) < 4.78 is 15.5. The molecule has 1 atom stereocenters. The molecular weight excluding hydrogens is 352 g/mol. The van der Waals surface area contributed by atoms with Gasteiger partial charge >= 0.3 is 5.97 Å². The van der Waals surface area contributed by atoms with Crippen molar-refractivity contribution in [2.45, 2.75) is 32.8 Å². The van der Waals surface area contributed by atoms with Gasteiger partial charge in [-0.1, -0.05) is 23.4 Å². The SMILES string of the molecule is Cc1cc(NC(=O)C(C)OC(=O)CCc2nnc(-c3ccccc3)o2)on1. The van der Waals surface area contributed by atoms with Gasteiger partial charge in [-0.15, -0.1) is 10.2 Å². The molecule has 1 aromatic carbocycles. The second-order valence-corrected chi connectivity index (χ2v) is 5.82. The molecule has 0 spiro atoms. The van der Waals surface area contributed by atoms with E-state index < -0.39 is 18.0 Å². The van der Waals surface area contributed by atoms with Crippen LogP contribution in [0.4, 0.5) is 5.88 Å². The van der Waals surface area contributed by atoms with E-state index in [9.17, 15) is 9.59 Å². The minimum absolute atomic E-state index is 0.00938. The smallest absolute Gasteiger partial charge is 0.307 e. The topological polar surface area (TPSA) is 120 Å². The second-order valence-electron chi connectivity index (χ2n) is 5.82. The van der Waals surface area contributed by atoms with Crippen LogP contribution in [-0.2, 0) is 20.7 Å². The number of rotatable bonds is 7. The first-order chi connectivity index (χ1) is 13.0. The Morgan fingerprint density at radius 2 is 2.00 bits per heavy atom. The van der Waals surface area contributed by atoms with Crippen LogP contribution in [0.2, 0.25) is 0 Å². The molecule has 2 heterocycles. The molecule has 0 aliphatic carbocycles. The molecule has 2 aromatic heterocycles. The van der Waals surface area contributed by atoms with Crippen molar-refractivity contribution < 1.29 is 23.3 Å². The second kappa shape index (κ2) is 8.26. The van der Waals surface area contributed by atoms with Gasteiger partial charge in [0.1, 0.15) is 0 Å². The lowest BCUT2D eigenvalue weighted by Gasteiger charge is -2.11. The lowest BCUT2D eigenvalue weighted by atomic mass is 10.2. The minimum atomic E-state index is -0.981. The average molecular weight is 370 g/mol. The van der Waals surface area contributed by atoms with E-state index in [1.54, 1.807) is 13.0 Å². The highest BCUT2D eigenvalue weighted by Crippen LogP contribution is 2.17. The maximum absolute atomic E-state index is 12.0. The van der Waals surface area contributed by atoms with Gasteiger partial charge in [-0.3, -0.25) is 14.9 Å². The van der Waals surface area contributed by atoms with Crippen LogP contribution in [0.1, 0.15) is 24.9 Å². The Balaban J connectivity index is 1.46. The normalized spacial score (nSPS) is 11.8. The van der Waals surface area contributed by atoms with Gasteiger partial charge in [-0.25, -0.2) is 0 Å². The molecule has 3 rings (SSSR count). The highest BCUT2D eigenvalue weighted by molar-refractivity contribution is 5.94. The fraction of sp³-hybridized carbons (Fsp3) is 0.278. The maximum Gasteiger partial charge on any atom is 0.307 e. The predicted octanol–water partition coefficient (Wildman–Crippen LogP) is 2.54. The first kappa shape index (κ1) is 18.3. The fourth-order valence-electron chi connectivity index (χ4n) is 2.22. The number of nitrogens with zero attached hydrogens (tertiary/aromatic N) is 3. The van der Waals surface area contributed by atoms with E-state index in [2.05, 4.69) is 20.7 Å². The third kappa shape index (κ3) is 5.00. The average Bonchev–Trinajstić information content (AvgIpc) is 3.29. The van der Waals surface area contributed by atoms with E-state index in [0.29, 0.717) is 17.5 Å². The van der Waals surface area contributed by atoms with Crippen LogP contribution < -0.4 is 5.32 Å². The number of ether oxygens (including phenoxy) is 1. The summed E-state index contributed by atoms with van der Waals surface area (Å²) in [6, 6.07) is 10.9. The Labute approximate surface area is 154 Å². The summed E-state index contributed by atoms with van der Waals surface area (Å²) in [5, 5.41) is 14.0. The number of amides is 1. The molecular formula is C18H18N4O5. The summed E-state index contributed by atoms with van der Waals surface area (Å²) in [4.78, 5) is 23.9. The highest BCUT2D eigenvalue weighted by Gasteiger charge is 2.20. The van der Waals surface area contributed by atoms with E-state index in [1.165, 1.54) is 6.92 Å². The van der Waals surface area contributed by atoms with Gasteiger partial charge in [0.05, 0.1) is 12.1 Å². The molecule has 0 radical (unpaired) electrons. The van der Waals surface area contributed by atoms with Crippen molar-refractivity contribution >= 4 is 17.8 Å². The number of esters is 1. The molecule has 0 fully saturated rings. The van der Waals surface area contributed by atoms with Crippen LogP contribution in [0.25, 0.3) is 11.5 Å². The Hall–Kier alpha value is -3.49. The van der Waals surface area contributed by atoms with Crippen molar-refractivity contribution in [2.75, 3.05) is 5.32 Å². The Bertz CT molecular complexity index is 919. The standard InChI is InChI=1S/C18H18N4O5/c1-11-10-15(27-22-11)19-17(24)12(2)25-16(23)9-8-14-20-21-18(26-14)13-6-4-3-5-7-13/h3-7,10,12H,8-9H2,1-2H3,(H,19,24). The van der Waals surface area contributed by atoms with Gasteiger partial charge in [-0.05, 0) is 26.0 Å². The summed E-state index contributed by atoms with van der Waals surface area (Å²) in [5.74, 6) is -0.164. The number of nitrogens with one attached hydrogen (secondary N) is 1. The third-order valence-electron chi connectivity index (χ3n) is 3.58. The third-order valence-corrected chi connectivity index (χ3v) is 3.58. The van der Waals surface area contributed by atoms with E-state index in [1.807, 2.05) is 30.3 Å². The number of aryl methyl sites for hydroxylation is 2. The molecule has 140 valence electrons. The number of anilines is 1. The summed E-state index contributed by atoms with van der Waals surface area (Å²) >= 11 is 0. The van der Waals surface area contributed by atoms with Gasteiger partial charge in [0.15, 0.2) is 6.10 Å². The highest BCUT2D eigenvalue weighted by atomic mass is 16.5. The van der Waals surface area contributed by atoms with Crippen LogP contribution in [0, 0.1) is 6.92 Å². The van der Waals surface area contributed by atoms with Crippen molar-refractivity contribution in [1.29, 1.82) is 0 Å². The van der Waals surface area contributed by atoms with Crippen molar-refractivity contribution in [3.8, 4) is 11.5 Å². The molecule has 0 aliphatic rings. The Morgan fingerprint density at radius 3 is 2.70 bits per heavy atom. The molecule has 0 aliphatic heterocycles. The number of hydrogen-bond acceptors (Lipinski definition) is 8. The number of carbonyl (C=O) groups is 2. The van der Waals surface area contributed by atoms with Crippen LogP contribution in [0.15, 0.2) is 45.3 Å². The first-order valence-corrected chi connectivity index (χ1v) is 8.33. The molecule has 0 saturated carbocycles. The van der Waals surface area contributed by atoms with Gasteiger partial charge in [0.25, 0.3) is 5.91 Å². The molecule has 3 aromatic rings. The zero-order chi connectivity index (χ0) is 19.2. The summed E-state index contributed by atoms with van der Waals surface area (Å²) in [7, 11) is 0. The number of hydrogen-bond donors (Lipinski definition) is 1. The lowest BCUT2D eigenvalue weighted by molar-refractivity contribution is -0.153. The predicted molar refractivity (Wildman–Crippen MR) is 93.5 cm³/mol. The van der Waals surface area contributed by atoms with E-state index in [-0.39, 0.29) is 18.7 Å². The lowest BCUT2D eigenvalue weighted by Crippen LogP contribution is -2.29. The van der Waals surface area contributed by atoms with Gasteiger partial charge < -0.3 is 13.7 Å². The van der Waals surface area contributed by atoms with Gasteiger partial charge in [0.2, 0.25) is 17.7 Å². The van der Waals surface area contributed by atoms with E-state index in [4.69, 9.17) is 13.7 Å². The van der Waals surface area contributed by atoms with Crippen molar-refractivity contribution in [2.24, 2.45) is 0 Å². The summed E-state index contributed by atoms with van der Waals surface area (Å²) in [5.41, 5.74) is 1.43. The fourth-order valence-corrected chi connectivity index (χ4v) is 2.22. The summed E-state index contributed by atoms with van der Waals surface area (Å²) in [6.45, 7) is 3.19. The monoisotopic (exact) mass is 370 g/mol. The molecule has 9 nitrogen and oxygen atoms in total. The number of carbonyl (C=O) groups excluding carboxylic acids is 2. The zero-order valence-corrected chi connectivity index (χ0v) is 14.8. The van der Waals surface area contributed by atoms with Gasteiger partial charge in [0, 0.05) is 18.1 Å². The molecule has 9 heteroatoms. The molecule has 0 saturated heterocycles. The Kier molecular flexibility index (Phi) is 5.60. The van der Waals surface area contributed by atoms with Crippen molar-refractivity contribution in [1.82, 2.24) is 15.4 Å². The zero-order valence-electron chi connectivity index (χ0n) is 14.8. The molecule has 27 heavy (non-hydrogen) atoms. The Morgan fingerprint density at radius 1 is 1.22 bits per heavy atom. The summed E-state index contributed by atoms with van der Waals surface area (Å²) in [6.07, 6.45) is -0.755. The largest absolute Gasteiger partial charge is 0.453 e. The van der Waals surface area contributed by atoms with Crippen LogP contribution >= 0.6 is 0 Å². The first-order valence-electron chi connectivity index (χ1n) is 8.33. The molecule has 1 amide bonds. The maximum atomic E-state index is 12.0. The van der Waals surface area contributed by atoms with Crippen LogP contribution in [-0.4, -0.2) is 33.3 Å². The number of aromatic nitrogens is 3. The quantitative estimate of drug-likeness (QED) is 0.630. The van der Waals surface area contributed by atoms with E-state index in [0.717, 1.165) is 5.56 Å². The molecule has 1 N–H and O–H groups in total. The number of benzene rings is 1. The van der Waals surface area contributed by atoms with Crippen LogP contribution in [0.5, 0.6) is 0 Å². The molecule has 1 unspecified atom stereocenters. The van der Waals surface area contributed by atoms with E-state index >= 15 is 0 Å². The van der Waals surface area contributed by atoms with Crippen LogP contribution in [0.3, 0.4) is 0 Å². The van der Waals surface area contributed by atoms with Crippen molar-refractivity contribution in [3.05, 3.63) is 48.0 Å². The van der Waals surface area contributed by atoms with Crippen molar-refractivity contribution in [3.63, 3.8) is 0 Å². The molecule has 0 bridgehead atoms. The van der Waals surface area contributed by atoms with Gasteiger partial charge in [-0.2, -0.15) is 0 Å². The minimum Gasteiger partial charge on any atom is -0.453 e.